The molecule has 1 aromatic rings. The van der Waals surface area contributed by atoms with Crippen LogP contribution in [-0.2, 0) is 6.42 Å². The van der Waals surface area contributed by atoms with Crippen LogP contribution in [0.3, 0.4) is 0 Å². The molecule has 2 atom stereocenters. The van der Waals surface area contributed by atoms with E-state index in [9.17, 15) is 5.26 Å². The van der Waals surface area contributed by atoms with Crippen molar-refractivity contribution in [2.24, 2.45) is 5.41 Å². The third-order valence-corrected chi connectivity index (χ3v) is 3.72. The van der Waals surface area contributed by atoms with Gasteiger partial charge in [0.1, 0.15) is 5.54 Å². The highest BCUT2D eigenvalue weighted by Gasteiger charge is 2.65. The van der Waals surface area contributed by atoms with Gasteiger partial charge in [-0.05, 0) is 32.3 Å². The Bertz CT molecular complexity index is 432. The largest absolute Gasteiger partial charge is 0.297 e. The van der Waals surface area contributed by atoms with E-state index in [0.29, 0.717) is 6.04 Å². The average molecular weight is 228 g/mol. The number of nitrogens with one attached hydrogen (secondary N) is 1. The lowest BCUT2D eigenvalue weighted by molar-refractivity contribution is 0.409. The molecule has 0 bridgehead atoms. The molecule has 1 aliphatic carbocycles. The number of hydrogen-bond donors (Lipinski definition) is 1. The smallest absolute Gasteiger partial charge is 0.113 e. The lowest BCUT2D eigenvalue weighted by Gasteiger charge is -2.20. The molecule has 0 amide bonds. The first-order valence-electron chi connectivity index (χ1n) is 6.24. The molecule has 0 aliphatic heterocycles. The molecule has 0 aromatic heterocycles. The summed E-state index contributed by atoms with van der Waals surface area (Å²) in [5.74, 6) is 0. The maximum Gasteiger partial charge on any atom is 0.113 e. The second-order valence-corrected chi connectivity index (χ2v) is 5.72. The highest BCUT2D eigenvalue weighted by atomic mass is 15.1. The minimum Gasteiger partial charge on any atom is -0.297 e. The van der Waals surface area contributed by atoms with E-state index in [4.69, 9.17) is 0 Å². The average Bonchev–Trinajstić information content (AvgIpc) is 2.83. The van der Waals surface area contributed by atoms with Crippen molar-refractivity contribution in [3.63, 3.8) is 0 Å². The van der Waals surface area contributed by atoms with Crippen molar-refractivity contribution in [2.45, 2.75) is 45.2 Å². The molecule has 0 radical (unpaired) electrons. The standard InChI is InChI=1S/C15H20N2/c1-12(2)17-15(11-16)10-14(15,3)9-13-7-5-4-6-8-13/h4-8,12,17H,9-10H2,1-3H3/t14-,15-/m0/s1. The summed E-state index contributed by atoms with van der Waals surface area (Å²) in [7, 11) is 0. The zero-order valence-electron chi connectivity index (χ0n) is 10.8. The predicted molar refractivity (Wildman–Crippen MR) is 69.5 cm³/mol. The minimum atomic E-state index is -0.322. The highest BCUT2D eigenvalue weighted by Crippen LogP contribution is 2.57. The van der Waals surface area contributed by atoms with Gasteiger partial charge in [0.05, 0.1) is 6.07 Å². The van der Waals surface area contributed by atoms with Gasteiger partial charge in [0.15, 0.2) is 0 Å². The zero-order chi connectivity index (χ0) is 12.5. The number of rotatable bonds is 4. The summed E-state index contributed by atoms with van der Waals surface area (Å²) in [5, 5.41) is 12.8. The molecule has 1 N–H and O–H groups in total. The molecule has 2 heteroatoms. The fraction of sp³-hybridized carbons (Fsp3) is 0.533. The molecular formula is C15H20N2. The molecule has 1 saturated carbocycles. The van der Waals surface area contributed by atoms with E-state index in [2.05, 4.69) is 56.4 Å². The summed E-state index contributed by atoms with van der Waals surface area (Å²) in [5.41, 5.74) is 1.07. The van der Waals surface area contributed by atoms with Gasteiger partial charge in [0, 0.05) is 11.5 Å². The van der Waals surface area contributed by atoms with Gasteiger partial charge >= 0.3 is 0 Å². The summed E-state index contributed by atoms with van der Waals surface area (Å²) < 4.78 is 0. The van der Waals surface area contributed by atoms with Crippen LogP contribution in [0.1, 0.15) is 32.8 Å². The lowest BCUT2D eigenvalue weighted by atomic mass is 9.93. The van der Waals surface area contributed by atoms with E-state index in [0.717, 1.165) is 12.8 Å². The molecule has 1 aliphatic rings. The number of nitrogens with zero attached hydrogens (tertiary/aromatic N) is 1. The first-order valence-corrected chi connectivity index (χ1v) is 6.24. The van der Waals surface area contributed by atoms with Crippen LogP contribution in [0.25, 0.3) is 0 Å². The first kappa shape index (κ1) is 12.1. The molecule has 17 heavy (non-hydrogen) atoms. The van der Waals surface area contributed by atoms with Gasteiger partial charge in [0.2, 0.25) is 0 Å². The Balaban J connectivity index is 2.11. The quantitative estimate of drug-likeness (QED) is 0.860. The van der Waals surface area contributed by atoms with Crippen LogP contribution in [0.15, 0.2) is 30.3 Å². The van der Waals surface area contributed by atoms with Crippen molar-refractivity contribution in [1.82, 2.24) is 5.32 Å². The van der Waals surface area contributed by atoms with Gasteiger partial charge in [-0.2, -0.15) is 5.26 Å². The van der Waals surface area contributed by atoms with Gasteiger partial charge in [-0.25, -0.2) is 0 Å². The van der Waals surface area contributed by atoms with Crippen molar-refractivity contribution in [2.75, 3.05) is 0 Å². The summed E-state index contributed by atoms with van der Waals surface area (Å²) in [6, 6.07) is 13.3. The van der Waals surface area contributed by atoms with Crippen LogP contribution in [0.2, 0.25) is 0 Å². The Hall–Kier alpha value is -1.33. The summed E-state index contributed by atoms with van der Waals surface area (Å²) in [6.07, 6.45) is 1.92. The number of benzene rings is 1. The van der Waals surface area contributed by atoms with Crippen LogP contribution < -0.4 is 5.32 Å². The molecule has 0 heterocycles. The molecule has 2 nitrogen and oxygen atoms in total. The molecular weight excluding hydrogens is 208 g/mol. The topological polar surface area (TPSA) is 35.8 Å². The van der Waals surface area contributed by atoms with E-state index >= 15 is 0 Å². The van der Waals surface area contributed by atoms with Crippen molar-refractivity contribution in [1.29, 1.82) is 5.26 Å². The van der Waals surface area contributed by atoms with Gasteiger partial charge in [-0.1, -0.05) is 37.3 Å². The fourth-order valence-corrected chi connectivity index (χ4v) is 2.73. The Morgan fingerprint density at radius 1 is 1.35 bits per heavy atom. The predicted octanol–water partition coefficient (Wildman–Crippen LogP) is 2.90. The molecule has 0 unspecified atom stereocenters. The number of nitriles is 1. The molecule has 2 rings (SSSR count). The van der Waals surface area contributed by atoms with Crippen LogP contribution in [0, 0.1) is 16.7 Å². The zero-order valence-corrected chi connectivity index (χ0v) is 10.8. The summed E-state index contributed by atoms with van der Waals surface area (Å²) in [4.78, 5) is 0. The van der Waals surface area contributed by atoms with Crippen LogP contribution in [0.4, 0.5) is 0 Å². The maximum absolute atomic E-state index is 9.41. The van der Waals surface area contributed by atoms with Crippen molar-refractivity contribution in [3.05, 3.63) is 35.9 Å². The van der Waals surface area contributed by atoms with E-state index in [1.54, 1.807) is 0 Å². The molecule has 0 spiro atoms. The first-order chi connectivity index (χ1) is 8.01. The Kier molecular flexibility index (Phi) is 2.97. The van der Waals surface area contributed by atoms with Gasteiger partial charge in [-0.3, -0.25) is 5.32 Å². The minimum absolute atomic E-state index is 0.0768. The van der Waals surface area contributed by atoms with Crippen molar-refractivity contribution in [3.8, 4) is 6.07 Å². The van der Waals surface area contributed by atoms with E-state index in [1.165, 1.54) is 5.56 Å². The summed E-state index contributed by atoms with van der Waals surface area (Å²) in [6.45, 7) is 6.40. The lowest BCUT2D eigenvalue weighted by Crippen LogP contribution is -2.40. The fourth-order valence-electron chi connectivity index (χ4n) is 2.73. The van der Waals surface area contributed by atoms with Crippen LogP contribution >= 0.6 is 0 Å². The van der Waals surface area contributed by atoms with E-state index < -0.39 is 0 Å². The monoisotopic (exact) mass is 228 g/mol. The van der Waals surface area contributed by atoms with Crippen molar-refractivity contribution >= 4 is 0 Å². The van der Waals surface area contributed by atoms with Gasteiger partial charge in [-0.15, -0.1) is 0 Å². The van der Waals surface area contributed by atoms with Gasteiger partial charge < -0.3 is 0 Å². The Labute approximate surface area is 104 Å². The summed E-state index contributed by atoms with van der Waals surface area (Å²) >= 11 is 0. The number of hydrogen-bond acceptors (Lipinski definition) is 2. The third kappa shape index (κ3) is 2.21. The highest BCUT2D eigenvalue weighted by molar-refractivity contribution is 5.34. The van der Waals surface area contributed by atoms with E-state index in [1.807, 2.05) is 6.07 Å². The van der Waals surface area contributed by atoms with Gasteiger partial charge in [0.25, 0.3) is 0 Å². The Morgan fingerprint density at radius 3 is 2.53 bits per heavy atom. The second kappa shape index (κ2) is 4.16. The normalized spacial score (nSPS) is 31.2. The SMILES string of the molecule is CC(C)N[C@]1(C#N)C[C@]1(C)Cc1ccccc1. The molecule has 1 aromatic carbocycles. The van der Waals surface area contributed by atoms with Crippen LogP contribution in [0.5, 0.6) is 0 Å². The third-order valence-electron chi connectivity index (χ3n) is 3.72. The molecule has 0 saturated heterocycles. The molecule has 90 valence electrons. The van der Waals surface area contributed by atoms with E-state index in [-0.39, 0.29) is 11.0 Å². The maximum atomic E-state index is 9.41. The molecule has 1 fully saturated rings. The van der Waals surface area contributed by atoms with Crippen LogP contribution in [-0.4, -0.2) is 11.6 Å². The van der Waals surface area contributed by atoms with Crippen molar-refractivity contribution < 1.29 is 0 Å². The Morgan fingerprint density at radius 2 is 2.00 bits per heavy atom. The second-order valence-electron chi connectivity index (χ2n) is 5.72.